The first-order chi connectivity index (χ1) is 12.3. The van der Waals surface area contributed by atoms with Crippen LogP contribution in [0.5, 0.6) is 0 Å². The van der Waals surface area contributed by atoms with E-state index in [-0.39, 0.29) is 6.04 Å². The number of aromatic nitrogens is 2. The van der Waals surface area contributed by atoms with Gasteiger partial charge >= 0.3 is 0 Å². The number of piperidine rings is 1. The highest BCUT2D eigenvalue weighted by Gasteiger charge is 2.28. The molecule has 2 unspecified atom stereocenters. The number of rotatable bonds is 5. The van der Waals surface area contributed by atoms with Gasteiger partial charge in [-0.1, -0.05) is 18.2 Å². The molecule has 0 bridgehead atoms. The van der Waals surface area contributed by atoms with E-state index >= 15 is 0 Å². The fourth-order valence-corrected chi connectivity index (χ4v) is 4.11. The Morgan fingerprint density at radius 3 is 2.68 bits per heavy atom. The normalized spacial score (nSPS) is 23.8. The number of ether oxygens (including phenoxy) is 1. The highest BCUT2D eigenvalue weighted by atomic mass is 16.5. The van der Waals surface area contributed by atoms with E-state index in [1.807, 2.05) is 18.5 Å². The van der Waals surface area contributed by atoms with Crippen molar-refractivity contribution in [1.82, 2.24) is 19.8 Å². The SMILES string of the molecule is CC(NC1CCN(C2CCOC2)CC1)c1nccn1-c1ccccc1. The van der Waals surface area contributed by atoms with Crippen molar-refractivity contribution < 1.29 is 4.74 Å². The van der Waals surface area contributed by atoms with Gasteiger partial charge in [0.05, 0.1) is 12.6 Å². The minimum atomic E-state index is 0.238. The third-order valence-corrected chi connectivity index (χ3v) is 5.53. The van der Waals surface area contributed by atoms with E-state index in [9.17, 15) is 0 Å². The molecule has 1 N–H and O–H groups in total. The van der Waals surface area contributed by atoms with Crippen molar-refractivity contribution in [2.45, 2.75) is 44.3 Å². The largest absolute Gasteiger partial charge is 0.380 e. The van der Waals surface area contributed by atoms with E-state index in [0.29, 0.717) is 12.1 Å². The molecule has 1 aromatic carbocycles. The van der Waals surface area contributed by atoms with Crippen LogP contribution in [-0.2, 0) is 4.74 Å². The molecule has 2 aliphatic rings. The molecule has 0 radical (unpaired) electrons. The van der Waals surface area contributed by atoms with Gasteiger partial charge in [-0.3, -0.25) is 4.90 Å². The van der Waals surface area contributed by atoms with Crippen LogP contribution in [0.25, 0.3) is 5.69 Å². The lowest BCUT2D eigenvalue weighted by atomic mass is 10.0. The molecule has 2 fully saturated rings. The molecule has 2 aliphatic heterocycles. The Bertz CT molecular complexity index is 657. The van der Waals surface area contributed by atoms with Gasteiger partial charge in [0.1, 0.15) is 5.82 Å². The van der Waals surface area contributed by atoms with E-state index in [1.165, 1.54) is 38.0 Å². The number of nitrogens with one attached hydrogen (secondary N) is 1. The van der Waals surface area contributed by atoms with Gasteiger partial charge in [-0.2, -0.15) is 0 Å². The molecule has 2 atom stereocenters. The third-order valence-electron chi connectivity index (χ3n) is 5.53. The maximum atomic E-state index is 5.54. The van der Waals surface area contributed by atoms with Crippen molar-refractivity contribution in [3.05, 3.63) is 48.5 Å². The summed E-state index contributed by atoms with van der Waals surface area (Å²) in [6, 6.07) is 11.9. The summed E-state index contributed by atoms with van der Waals surface area (Å²) in [6.07, 6.45) is 7.54. The summed E-state index contributed by atoms with van der Waals surface area (Å²) in [7, 11) is 0. The number of hydrogen-bond acceptors (Lipinski definition) is 4. The van der Waals surface area contributed by atoms with E-state index in [2.05, 4.69) is 51.0 Å². The molecule has 1 aromatic heterocycles. The molecule has 3 heterocycles. The highest BCUT2D eigenvalue weighted by Crippen LogP contribution is 2.22. The lowest BCUT2D eigenvalue weighted by Gasteiger charge is -2.36. The summed E-state index contributed by atoms with van der Waals surface area (Å²) in [6.45, 7) is 6.42. The molecule has 4 rings (SSSR count). The predicted molar refractivity (Wildman–Crippen MR) is 98.9 cm³/mol. The molecular formula is C20H28N4O. The molecule has 5 heteroatoms. The molecule has 2 saturated heterocycles. The molecule has 2 aromatic rings. The van der Waals surface area contributed by atoms with E-state index < -0.39 is 0 Å². The van der Waals surface area contributed by atoms with Crippen LogP contribution in [0.2, 0.25) is 0 Å². The number of hydrogen-bond donors (Lipinski definition) is 1. The van der Waals surface area contributed by atoms with E-state index in [4.69, 9.17) is 4.74 Å². The fraction of sp³-hybridized carbons (Fsp3) is 0.550. The summed E-state index contributed by atoms with van der Waals surface area (Å²) in [5.74, 6) is 1.08. The number of nitrogens with zero attached hydrogens (tertiary/aromatic N) is 3. The molecule has 5 nitrogen and oxygen atoms in total. The molecule has 0 aliphatic carbocycles. The Hall–Kier alpha value is -1.69. The highest BCUT2D eigenvalue weighted by molar-refractivity contribution is 5.33. The van der Waals surface area contributed by atoms with Gasteiger partial charge in [0.15, 0.2) is 0 Å². The van der Waals surface area contributed by atoms with Gasteiger partial charge < -0.3 is 14.6 Å². The van der Waals surface area contributed by atoms with Crippen molar-refractivity contribution in [3.8, 4) is 5.69 Å². The van der Waals surface area contributed by atoms with Crippen molar-refractivity contribution in [3.63, 3.8) is 0 Å². The number of imidazole rings is 1. The second-order valence-electron chi connectivity index (χ2n) is 7.21. The second kappa shape index (κ2) is 7.68. The van der Waals surface area contributed by atoms with Gasteiger partial charge in [0.2, 0.25) is 0 Å². The Morgan fingerprint density at radius 2 is 1.96 bits per heavy atom. The Balaban J connectivity index is 1.35. The molecule has 25 heavy (non-hydrogen) atoms. The van der Waals surface area contributed by atoms with Crippen molar-refractivity contribution in [2.75, 3.05) is 26.3 Å². The summed E-state index contributed by atoms with van der Waals surface area (Å²) in [5, 5.41) is 3.80. The molecule has 0 spiro atoms. The van der Waals surface area contributed by atoms with Crippen LogP contribution in [0.15, 0.2) is 42.7 Å². The van der Waals surface area contributed by atoms with Gasteiger partial charge in [0, 0.05) is 49.9 Å². The standard InChI is InChI=1S/C20H28N4O/c1-16(20-21-10-13-24(20)18-5-3-2-4-6-18)22-17-7-11-23(12-8-17)19-9-14-25-15-19/h2-6,10,13,16-17,19,22H,7-9,11-12,14-15H2,1H3. The van der Waals surface area contributed by atoms with Crippen molar-refractivity contribution >= 4 is 0 Å². The van der Waals surface area contributed by atoms with Crippen LogP contribution in [0.3, 0.4) is 0 Å². The third kappa shape index (κ3) is 3.78. The number of benzene rings is 1. The molecule has 0 saturated carbocycles. The summed E-state index contributed by atoms with van der Waals surface area (Å²) < 4.78 is 7.72. The van der Waals surface area contributed by atoms with Crippen LogP contribution in [0.4, 0.5) is 0 Å². The smallest absolute Gasteiger partial charge is 0.130 e. The van der Waals surface area contributed by atoms with Crippen LogP contribution in [-0.4, -0.2) is 52.8 Å². The topological polar surface area (TPSA) is 42.3 Å². The maximum absolute atomic E-state index is 5.54. The summed E-state index contributed by atoms with van der Waals surface area (Å²) in [4.78, 5) is 7.22. The van der Waals surface area contributed by atoms with Gasteiger partial charge in [-0.25, -0.2) is 4.98 Å². The number of para-hydroxylation sites is 1. The Kier molecular flexibility index (Phi) is 5.15. The fourth-order valence-electron chi connectivity index (χ4n) is 4.11. The first kappa shape index (κ1) is 16.8. The Morgan fingerprint density at radius 1 is 1.16 bits per heavy atom. The average Bonchev–Trinajstić information content (AvgIpc) is 3.35. The zero-order valence-corrected chi connectivity index (χ0v) is 15.0. The van der Waals surface area contributed by atoms with Gasteiger partial charge in [0.25, 0.3) is 0 Å². The van der Waals surface area contributed by atoms with Crippen LogP contribution in [0.1, 0.15) is 38.1 Å². The number of likely N-dealkylation sites (tertiary alicyclic amines) is 1. The zero-order valence-electron chi connectivity index (χ0n) is 15.0. The minimum absolute atomic E-state index is 0.238. The molecule has 134 valence electrons. The van der Waals surface area contributed by atoms with E-state index in [0.717, 1.165) is 19.0 Å². The average molecular weight is 340 g/mol. The monoisotopic (exact) mass is 340 g/mol. The van der Waals surface area contributed by atoms with Gasteiger partial charge in [-0.15, -0.1) is 0 Å². The summed E-state index contributed by atoms with van der Waals surface area (Å²) >= 11 is 0. The van der Waals surface area contributed by atoms with Crippen molar-refractivity contribution in [1.29, 1.82) is 0 Å². The van der Waals surface area contributed by atoms with Crippen LogP contribution in [0, 0.1) is 0 Å². The van der Waals surface area contributed by atoms with E-state index in [1.54, 1.807) is 0 Å². The molecule has 0 amide bonds. The van der Waals surface area contributed by atoms with Crippen LogP contribution >= 0.6 is 0 Å². The van der Waals surface area contributed by atoms with Gasteiger partial charge in [-0.05, 0) is 38.3 Å². The minimum Gasteiger partial charge on any atom is -0.380 e. The lowest BCUT2D eigenvalue weighted by molar-refractivity contribution is 0.115. The quantitative estimate of drug-likeness (QED) is 0.909. The first-order valence-corrected chi connectivity index (χ1v) is 9.48. The maximum Gasteiger partial charge on any atom is 0.130 e. The first-order valence-electron chi connectivity index (χ1n) is 9.48. The van der Waals surface area contributed by atoms with Crippen LogP contribution < -0.4 is 5.32 Å². The summed E-state index contributed by atoms with van der Waals surface area (Å²) in [5.41, 5.74) is 1.17. The zero-order chi connectivity index (χ0) is 17.1. The second-order valence-corrected chi connectivity index (χ2v) is 7.21. The lowest BCUT2D eigenvalue weighted by Crippen LogP contribution is -2.47. The van der Waals surface area contributed by atoms with Crippen molar-refractivity contribution in [2.24, 2.45) is 0 Å². The Labute approximate surface area is 150 Å². The predicted octanol–water partition coefficient (Wildman–Crippen LogP) is 2.78. The molecular weight excluding hydrogens is 312 g/mol.